The lowest BCUT2D eigenvalue weighted by molar-refractivity contribution is 0.513. The molecule has 2 nitrogen and oxygen atoms in total. The number of halogens is 1. The van der Waals surface area contributed by atoms with Crippen LogP contribution in [0.3, 0.4) is 0 Å². The van der Waals surface area contributed by atoms with Gasteiger partial charge in [-0.05, 0) is 18.8 Å². The molecule has 1 N–H and O–H groups in total. The van der Waals surface area contributed by atoms with Crippen LogP contribution in [-0.2, 0) is 6.42 Å². The minimum atomic E-state index is 0.429. The highest BCUT2D eigenvalue weighted by atomic mass is 35.5. The van der Waals surface area contributed by atoms with Crippen molar-refractivity contribution in [1.29, 1.82) is 0 Å². The molecule has 0 spiro atoms. The molecule has 1 unspecified atom stereocenters. The van der Waals surface area contributed by atoms with Crippen LogP contribution in [0.4, 0.5) is 5.13 Å². The summed E-state index contributed by atoms with van der Waals surface area (Å²) >= 11 is 7.46. The molecule has 0 fully saturated rings. The summed E-state index contributed by atoms with van der Waals surface area (Å²) in [6.07, 6.45) is 1.99. The first-order valence-electron chi connectivity index (χ1n) is 5.44. The van der Waals surface area contributed by atoms with E-state index in [9.17, 15) is 0 Å². The van der Waals surface area contributed by atoms with Crippen LogP contribution in [0.25, 0.3) is 0 Å². The summed E-state index contributed by atoms with van der Waals surface area (Å²) in [7, 11) is 0. The number of anilines is 1. The Hall–Kier alpha value is -0.280. The van der Waals surface area contributed by atoms with E-state index < -0.39 is 0 Å². The molecule has 0 aliphatic heterocycles. The zero-order chi connectivity index (χ0) is 11.3. The van der Waals surface area contributed by atoms with Gasteiger partial charge in [0, 0.05) is 17.3 Å². The molecule has 86 valence electrons. The first-order valence-corrected chi connectivity index (χ1v) is 6.85. The minimum absolute atomic E-state index is 0.429. The molecular formula is C11H19ClN2S. The first kappa shape index (κ1) is 12.8. The monoisotopic (exact) mass is 246 g/mol. The first-order chi connectivity index (χ1) is 7.17. The molecule has 0 aromatic carbocycles. The van der Waals surface area contributed by atoms with Gasteiger partial charge in [-0.15, -0.1) is 22.9 Å². The average Bonchev–Trinajstić information content (AvgIpc) is 2.65. The summed E-state index contributed by atoms with van der Waals surface area (Å²) in [6.45, 7) is 6.54. The second kappa shape index (κ2) is 6.33. The van der Waals surface area contributed by atoms with Gasteiger partial charge >= 0.3 is 0 Å². The number of aromatic nitrogens is 1. The molecule has 0 saturated heterocycles. The second-order valence-electron chi connectivity index (χ2n) is 3.97. The van der Waals surface area contributed by atoms with Crippen LogP contribution in [0.5, 0.6) is 0 Å². The highest BCUT2D eigenvalue weighted by Crippen LogP contribution is 2.20. The maximum absolute atomic E-state index is 5.78. The normalized spacial score (nSPS) is 13.1. The molecule has 0 amide bonds. The van der Waals surface area contributed by atoms with Gasteiger partial charge in [0.1, 0.15) is 0 Å². The largest absolute Gasteiger partial charge is 0.358 e. The van der Waals surface area contributed by atoms with Crippen LogP contribution in [0.1, 0.15) is 32.9 Å². The van der Waals surface area contributed by atoms with Crippen molar-refractivity contribution in [3.05, 3.63) is 11.1 Å². The molecular weight excluding hydrogens is 228 g/mol. The molecule has 15 heavy (non-hydrogen) atoms. The van der Waals surface area contributed by atoms with Crippen molar-refractivity contribution in [3.8, 4) is 0 Å². The standard InChI is InChI=1S/C11H19ClN2S/c1-4-9-7-15-11(13-9)14-10(5-6-12)8(2)3/h7-8,10H,4-6H2,1-3H3,(H,13,14). The number of thiazole rings is 1. The van der Waals surface area contributed by atoms with Crippen molar-refractivity contribution in [2.75, 3.05) is 11.2 Å². The number of alkyl halides is 1. The van der Waals surface area contributed by atoms with Crippen molar-refractivity contribution in [2.45, 2.75) is 39.7 Å². The molecule has 4 heteroatoms. The summed E-state index contributed by atoms with van der Waals surface area (Å²) in [5.41, 5.74) is 1.16. The van der Waals surface area contributed by atoms with Crippen LogP contribution in [0.15, 0.2) is 5.38 Å². The Morgan fingerprint density at radius 2 is 2.27 bits per heavy atom. The fourth-order valence-electron chi connectivity index (χ4n) is 1.38. The SMILES string of the molecule is CCc1csc(NC(CCCl)C(C)C)n1. The van der Waals surface area contributed by atoms with Crippen LogP contribution < -0.4 is 5.32 Å². The molecule has 0 saturated carbocycles. The van der Waals surface area contributed by atoms with E-state index in [2.05, 4.69) is 36.5 Å². The number of nitrogens with zero attached hydrogens (tertiary/aromatic N) is 1. The summed E-state index contributed by atoms with van der Waals surface area (Å²) in [4.78, 5) is 4.50. The van der Waals surface area contributed by atoms with Gasteiger partial charge in [-0.2, -0.15) is 0 Å². The maximum Gasteiger partial charge on any atom is 0.183 e. The Morgan fingerprint density at radius 1 is 1.53 bits per heavy atom. The van der Waals surface area contributed by atoms with Crippen molar-refractivity contribution in [1.82, 2.24) is 4.98 Å². The van der Waals surface area contributed by atoms with Gasteiger partial charge in [0.25, 0.3) is 0 Å². The molecule has 0 aliphatic carbocycles. The molecule has 0 bridgehead atoms. The molecule has 1 atom stereocenters. The third-order valence-corrected chi connectivity index (χ3v) is 3.49. The predicted molar refractivity (Wildman–Crippen MR) is 69.1 cm³/mol. The van der Waals surface area contributed by atoms with Gasteiger partial charge in [-0.3, -0.25) is 0 Å². The van der Waals surface area contributed by atoms with E-state index in [0.717, 1.165) is 23.7 Å². The topological polar surface area (TPSA) is 24.9 Å². The Balaban J connectivity index is 2.57. The Bertz CT molecular complexity index is 286. The fourth-order valence-corrected chi connectivity index (χ4v) is 2.48. The maximum atomic E-state index is 5.78. The van der Waals surface area contributed by atoms with Crippen molar-refractivity contribution < 1.29 is 0 Å². The highest BCUT2D eigenvalue weighted by Gasteiger charge is 2.13. The Labute approximate surface area is 101 Å². The lowest BCUT2D eigenvalue weighted by Crippen LogP contribution is -2.26. The lowest BCUT2D eigenvalue weighted by atomic mass is 10.0. The summed E-state index contributed by atoms with van der Waals surface area (Å²) in [5, 5.41) is 6.59. The van der Waals surface area contributed by atoms with E-state index >= 15 is 0 Å². The van der Waals surface area contributed by atoms with Gasteiger partial charge in [0.15, 0.2) is 5.13 Å². The van der Waals surface area contributed by atoms with E-state index in [1.54, 1.807) is 11.3 Å². The van der Waals surface area contributed by atoms with Crippen LogP contribution in [0, 0.1) is 5.92 Å². The summed E-state index contributed by atoms with van der Waals surface area (Å²) < 4.78 is 0. The molecule has 1 aromatic rings. The minimum Gasteiger partial charge on any atom is -0.358 e. The van der Waals surface area contributed by atoms with Crippen molar-refractivity contribution in [3.63, 3.8) is 0 Å². The van der Waals surface area contributed by atoms with E-state index in [1.807, 2.05) is 0 Å². The summed E-state index contributed by atoms with van der Waals surface area (Å²) in [5.74, 6) is 1.28. The van der Waals surface area contributed by atoms with E-state index in [-0.39, 0.29) is 0 Å². The second-order valence-corrected chi connectivity index (χ2v) is 5.21. The third-order valence-electron chi connectivity index (χ3n) is 2.45. The predicted octanol–water partition coefficient (Wildman–Crippen LogP) is 3.77. The molecule has 1 aromatic heterocycles. The molecule has 0 aliphatic rings. The van der Waals surface area contributed by atoms with Crippen LogP contribution in [-0.4, -0.2) is 16.9 Å². The Kier molecular flexibility index (Phi) is 5.40. The number of hydrogen-bond donors (Lipinski definition) is 1. The average molecular weight is 247 g/mol. The Morgan fingerprint density at radius 3 is 2.73 bits per heavy atom. The van der Waals surface area contributed by atoms with E-state index in [4.69, 9.17) is 11.6 Å². The van der Waals surface area contributed by atoms with Crippen molar-refractivity contribution in [2.24, 2.45) is 5.92 Å². The fraction of sp³-hybridized carbons (Fsp3) is 0.727. The van der Waals surface area contributed by atoms with Gasteiger partial charge in [-0.25, -0.2) is 4.98 Å². The van der Waals surface area contributed by atoms with Crippen molar-refractivity contribution >= 4 is 28.1 Å². The quantitative estimate of drug-likeness (QED) is 0.773. The van der Waals surface area contributed by atoms with Gasteiger partial charge in [0.2, 0.25) is 0 Å². The lowest BCUT2D eigenvalue weighted by Gasteiger charge is -2.20. The molecule has 1 rings (SSSR count). The van der Waals surface area contributed by atoms with Gasteiger partial charge in [0.05, 0.1) is 5.69 Å². The zero-order valence-electron chi connectivity index (χ0n) is 9.59. The third kappa shape index (κ3) is 3.99. The van der Waals surface area contributed by atoms with Gasteiger partial charge in [-0.1, -0.05) is 20.8 Å². The summed E-state index contributed by atoms with van der Waals surface area (Å²) in [6, 6.07) is 0.429. The number of nitrogens with one attached hydrogen (secondary N) is 1. The zero-order valence-corrected chi connectivity index (χ0v) is 11.2. The molecule has 1 heterocycles. The van der Waals surface area contributed by atoms with Crippen LogP contribution in [0.2, 0.25) is 0 Å². The van der Waals surface area contributed by atoms with Gasteiger partial charge < -0.3 is 5.32 Å². The molecule has 0 radical (unpaired) electrons. The van der Waals surface area contributed by atoms with E-state index in [1.165, 1.54) is 0 Å². The number of aryl methyl sites for hydroxylation is 1. The van der Waals surface area contributed by atoms with Crippen LogP contribution >= 0.6 is 22.9 Å². The van der Waals surface area contributed by atoms with E-state index in [0.29, 0.717) is 17.8 Å². The number of hydrogen-bond acceptors (Lipinski definition) is 3. The smallest absolute Gasteiger partial charge is 0.183 e. The number of rotatable bonds is 6. The highest BCUT2D eigenvalue weighted by molar-refractivity contribution is 7.13.